The molecule has 0 aliphatic carbocycles. The van der Waals surface area contributed by atoms with Crippen LogP contribution in [0.15, 0.2) is 41.5 Å². The fourth-order valence-electron chi connectivity index (χ4n) is 3.67. The van der Waals surface area contributed by atoms with Crippen molar-refractivity contribution < 1.29 is 45.7 Å². The number of nitrogens with one attached hydrogen (secondary N) is 1. The number of fused-ring (bicyclic) bond motifs is 3. The minimum Gasteiger partial charge on any atom is -0.492 e. The van der Waals surface area contributed by atoms with E-state index in [0.29, 0.717) is 16.7 Å². The van der Waals surface area contributed by atoms with E-state index in [2.05, 4.69) is 4.98 Å². The molecule has 0 aliphatic rings. The number of aliphatic hydroxyl groups is 1. The Morgan fingerprint density at radius 3 is 2.24 bits per heavy atom. The smallest absolute Gasteiger partial charge is 0.407 e. The molecular formula is C26H32F6N4O5. The van der Waals surface area contributed by atoms with Crippen molar-refractivity contribution >= 4 is 27.8 Å². The molecule has 2 heterocycles. The standard InChI is InChI=1S/C17H16F3N3O2.C9H16F3NO3/c1-23-15-6-11(25-9-10(21)7-17(18,19)20)2-3-13(15)12-4-5-22-8-14(12)16(23)24;1-8(2,3)16-7(15)13-6(5-14)4-9(10,11)12/h2-6,8,10H,7,9,21H2,1H3;6,14H,4-5H2,1-3H3,(H,13,15). The average molecular weight is 595 g/mol. The number of nitrogens with zero attached hydrogens (tertiary/aromatic N) is 2. The van der Waals surface area contributed by atoms with E-state index in [1.54, 1.807) is 58.3 Å². The van der Waals surface area contributed by atoms with E-state index in [-0.39, 0.29) is 12.2 Å². The Balaban J connectivity index is 0.000000320. The minimum atomic E-state index is -4.44. The highest BCUT2D eigenvalue weighted by Crippen LogP contribution is 2.26. The molecule has 228 valence electrons. The van der Waals surface area contributed by atoms with Crippen molar-refractivity contribution in [3.8, 4) is 5.75 Å². The van der Waals surface area contributed by atoms with Gasteiger partial charge < -0.3 is 30.2 Å². The first kappa shape index (κ1) is 33.6. The van der Waals surface area contributed by atoms with Gasteiger partial charge >= 0.3 is 18.4 Å². The van der Waals surface area contributed by atoms with Gasteiger partial charge in [0.2, 0.25) is 0 Å². The highest BCUT2D eigenvalue weighted by atomic mass is 19.4. The van der Waals surface area contributed by atoms with E-state index < -0.39 is 55.6 Å². The van der Waals surface area contributed by atoms with E-state index >= 15 is 0 Å². The SMILES string of the molecule is CC(C)(C)OC(=O)NC(CO)CC(F)(F)F.Cn1c(=O)c2cnccc2c2ccc(OCC(N)CC(F)(F)F)cc21. The van der Waals surface area contributed by atoms with Crippen molar-refractivity contribution in [3.05, 3.63) is 47.0 Å². The monoisotopic (exact) mass is 594 g/mol. The van der Waals surface area contributed by atoms with Crippen LogP contribution in [0, 0.1) is 0 Å². The molecular weight excluding hydrogens is 562 g/mol. The molecule has 3 aromatic rings. The van der Waals surface area contributed by atoms with Gasteiger partial charge in [-0.2, -0.15) is 26.3 Å². The van der Waals surface area contributed by atoms with Crippen molar-refractivity contribution in [3.63, 3.8) is 0 Å². The lowest BCUT2D eigenvalue weighted by molar-refractivity contribution is -0.142. The first-order valence-electron chi connectivity index (χ1n) is 12.3. The maximum atomic E-state index is 12.4. The number of ether oxygens (including phenoxy) is 2. The fourth-order valence-corrected chi connectivity index (χ4v) is 3.67. The summed E-state index contributed by atoms with van der Waals surface area (Å²) in [5.41, 5.74) is 5.06. The van der Waals surface area contributed by atoms with E-state index in [0.717, 1.165) is 10.8 Å². The van der Waals surface area contributed by atoms with Gasteiger partial charge in [-0.15, -0.1) is 0 Å². The number of benzene rings is 1. The van der Waals surface area contributed by atoms with E-state index in [1.807, 2.05) is 5.32 Å². The molecule has 0 saturated carbocycles. The lowest BCUT2D eigenvalue weighted by Crippen LogP contribution is -2.43. The zero-order valence-corrected chi connectivity index (χ0v) is 22.8. The molecule has 4 N–H and O–H groups in total. The number of alkyl halides is 6. The molecule has 2 aromatic heterocycles. The Hall–Kier alpha value is -3.59. The van der Waals surface area contributed by atoms with Gasteiger partial charge in [-0.05, 0) is 44.4 Å². The summed E-state index contributed by atoms with van der Waals surface area (Å²) in [5.74, 6) is 0.355. The van der Waals surface area contributed by atoms with Crippen molar-refractivity contribution in [1.29, 1.82) is 0 Å². The van der Waals surface area contributed by atoms with E-state index in [9.17, 15) is 35.9 Å². The molecule has 0 bridgehead atoms. The van der Waals surface area contributed by atoms with E-state index in [4.69, 9.17) is 20.3 Å². The molecule has 0 saturated heterocycles. The van der Waals surface area contributed by atoms with Crippen LogP contribution in [-0.4, -0.2) is 64.0 Å². The minimum absolute atomic E-state index is 0.207. The highest BCUT2D eigenvalue weighted by molar-refractivity contribution is 6.05. The van der Waals surface area contributed by atoms with Gasteiger partial charge in [0, 0.05) is 36.9 Å². The molecule has 9 nitrogen and oxygen atoms in total. The summed E-state index contributed by atoms with van der Waals surface area (Å²) in [5, 5.41) is 12.7. The maximum Gasteiger partial charge on any atom is 0.407 e. The number of carbonyl (C=O) groups is 1. The topological polar surface area (TPSA) is 129 Å². The molecule has 0 spiro atoms. The fraction of sp³-hybridized carbons (Fsp3) is 0.500. The number of aliphatic hydroxyl groups excluding tert-OH is 1. The number of pyridine rings is 2. The number of amides is 1. The molecule has 2 atom stereocenters. The van der Waals surface area contributed by atoms with Crippen molar-refractivity contribution in [1.82, 2.24) is 14.9 Å². The number of alkyl carbamates (subject to hydrolysis) is 1. The Kier molecular flexibility index (Phi) is 11.0. The van der Waals surface area contributed by atoms with Gasteiger partial charge in [-0.25, -0.2) is 4.79 Å². The lowest BCUT2D eigenvalue weighted by atomic mass is 10.1. The van der Waals surface area contributed by atoms with Gasteiger partial charge in [0.05, 0.1) is 36.4 Å². The number of rotatable bonds is 7. The number of halogens is 6. The average Bonchev–Trinajstić information content (AvgIpc) is 2.83. The summed E-state index contributed by atoms with van der Waals surface area (Å²) < 4.78 is 84.4. The summed E-state index contributed by atoms with van der Waals surface area (Å²) >= 11 is 0. The molecule has 0 radical (unpaired) electrons. The third kappa shape index (κ3) is 11.1. The number of carbonyl (C=O) groups excluding carboxylic acids is 1. The highest BCUT2D eigenvalue weighted by Gasteiger charge is 2.33. The van der Waals surface area contributed by atoms with Gasteiger partial charge in [-0.3, -0.25) is 9.78 Å². The van der Waals surface area contributed by atoms with Crippen LogP contribution in [0.5, 0.6) is 5.75 Å². The molecule has 1 aromatic carbocycles. The van der Waals surface area contributed by atoms with Crippen LogP contribution in [0.25, 0.3) is 21.7 Å². The number of aryl methyl sites for hydroxylation is 1. The number of nitrogens with two attached hydrogens (primary N) is 1. The second-order valence-electron chi connectivity index (χ2n) is 10.2. The third-order valence-corrected chi connectivity index (χ3v) is 5.35. The van der Waals surface area contributed by atoms with Crippen LogP contribution in [0.2, 0.25) is 0 Å². The molecule has 41 heavy (non-hydrogen) atoms. The van der Waals surface area contributed by atoms with Crippen LogP contribution in [0.3, 0.4) is 0 Å². The molecule has 0 aliphatic heterocycles. The first-order chi connectivity index (χ1) is 18.8. The molecule has 0 fully saturated rings. The van der Waals surface area contributed by atoms with Crippen molar-refractivity contribution in [2.75, 3.05) is 13.2 Å². The van der Waals surface area contributed by atoms with Gasteiger partial charge in [-0.1, -0.05) is 0 Å². The van der Waals surface area contributed by atoms with Crippen LogP contribution >= 0.6 is 0 Å². The Morgan fingerprint density at radius 1 is 1.05 bits per heavy atom. The summed E-state index contributed by atoms with van der Waals surface area (Å²) in [6, 6.07) is 4.25. The molecule has 15 heteroatoms. The van der Waals surface area contributed by atoms with Crippen LogP contribution in [0.1, 0.15) is 33.6 Å². The van der Waals surface area contributed by atoms with Crippen LogP contribution in [-0.2, 0) is 11.8 Å². The summed E-state index contributed by atoms with van der Waals surface area (Å²) in [7, 11) is 1.62. The zero-order chi connectivity index (χ0) is 31.2. The van der Waals surface area contributed by atoms with Crippen LogP contribution in [0.4, 0.5) is 31.1 Å². The lowest BCUT2D eigenvalue weighted by Gasteiger charge is -2.23. The van der Waals surface area contributed by atoms with Crippen LogP contribution < -0.4 is 21.3 Å². The Labute approximate surface area is 231 Å². The molecule has 3 rings (SSSR count). The summed E-state index contributed by atoms with van der Waals surface area (Å²) in [4.78, 5) is 27.5. The van der Waals surface area contributed by atoms with Gasteiger partial charge in [0.15, 0.2) is 0 Å². The second kappa shape index (κ2) is 13.4. The Bertz CT molecular complexity index is 1390. The number of hydrogen-bond acceptors (Lipinski definition) is 7. The van der Waals surface area contributed by atoms with Gasteiger partial charge in [0.1, 0.15) is 18.0 Å². The van der Waals surface area contributed by atoms with E-state index in [1.165, 1.54) is 10.8 Å². The first-order valence-corrected chi connectivity index (χ1v) is 12.3. The maximum absolute atomic E-state index is 12.4. The van der Waals surface area contributed by atoms with Crippen molar-refractivity contribution in [2.45, 2.75) is 63.7 Å². The quantitative estimate of drug-likeness (QED) is 0.270. The largest absolute Gasteiger partial charge is 0.492 e. The normalized spacial score (nSPS) is 13.8. The van der Waals surface area contributed by atoms with Gasteiger partial charge in [0.25, 0.3) is 5.56 Å². The number of hydrogen-bond donors (Lipinski definition) is 3. The Morgan fingerprint density at radius 2 is 1.68 bits per heavy atom. The third-order valence-electron chi connectivity index (χ3n) is 5.35. The summed E-state index contributed by atoms with van der Waals surface area (Å²) in [6.07, 6.45) is -9.04. The molecule has 1 amide bonds. The number of aromatic nitrogens is 2. The van der Waals surface area contributed by atoms with Crippen molar-refractivity contribution in [2.24, 2.45) is 12.8 Å². The predicted octanol–water partition coefficient (Wildman–Crippen LogP) is 4.57. The second-order valence-corrected chi connectivity index (χ2v) is 10.2. The molecule has 2 unspecified atom stereocenters. The summed E-state index contributed by atoms with van der Waals surface area (Å²) in [6.45, 7) is 3.70. The predicted molar refractivity (Wildman–Crippen MR) is 140 cm³/mol. The zero-order valence-electron chi connectivity index (χ0n) is 22.8.